The van der Waals surface area contributed by atoms with E-state index in [1.807, 2.05) is 30.3 Å². The Balaban J connectivity index is 1.59. The first kappa shape index (κ1) is 17.4. The van der Waals surface area contributed by atoms with Gasteiger partial charge in [-0.25, -0.2) is 14.5 Å². The van der Waals surface area contributed by atoms with Crippen molar-refractivity contribution < 1.29 is 14.6 Å². The number of aromatic amines is 1. The van der Waals surface area contributed by atoms with Crippen LogP contribution in [0.1, 0.15) is 5.56 Å². The van der Waals surface area contributed by atoms with E-state index in [1.165, 1.54) is 22.6 Å². The Hall–Kier alpha value is -2.97. The third-order valence-electron chi connectivity index (χ3n) is 3.74. The number of fused-ring (bicyclic) bond motifs is 1. The smallest absolute Gasteiger partial charge is 0.449 e. The zero-order valence-corrected chi connectivity index (χ0v) is 15.4. The van der Waals surface area contributed by atoms with Gasteiger partial charge < -0.3 is 14.8 Å². The highest BCUT2D eigenvalue weighted by Gasteiger charge is 2.12. The lowest BCUT2D eigenvalue weighted by molar-refractivity contribution is 0.144. The lowest BCUT2D eigenvalue weighted by Gasteiger charge is -2.04. The molecule has 136 valence electrons. The molecule has 2 aromatic carbocycles. The highest BCUT2D eigenvalue weighted by molar-refractivity contribution is 7.98. The Kier molecular flexibility index (Phi) is 4.74. The van der Waals surface area contributed by atoms with Crippen LogP contribution in [0.15, 0.2) is 59.8 Å². The molecule has 0 spiro atoms. The molecule has 7 nitrogen and oxygen atoms in total. The summed E-state index contributed by atoms with van der Waals surface area (Å²) in [7, 11) is 0. The maximum Gasteiger partial charge on any atom is 0.511 e. The molecule has 2 N–H and O–H groups in total. The van der Waals surface area contributed by atoms with Crippen LogP contribution >= 0.6 is 23.4 Å². The van der Waals surface area contributed by atoms with Crippen molar-refractivity contribution in [2.75, 3.05) is 0 Å². The van der Waals surface area contributed by atoms with E-state index in [-0.39, 0.29) is 5.75 Å². The van der Waals surface area contributed by atoms with Crippen LogP contribution < -0.4 is 4.74 Å². The monoisotopic (exact) mass is 400 g/mol. The summed E-state index contributed by atoms with van der Waals surface area (Å²) in [6, 6.07) is 13.9. The molecule has 0 unspecified atom stereocenters. The number of ether oxygens (including phenoxy) is 1. The van der Waals surface area contributed by atoms with Crippen molar-refractivity contribution in [1.29, 1.82) is 0 Å². The van der Waals surface area contributed by atoms with Crippen LogP contribution in [0.2, 0.25) is 5.02 Å². The second-order valence-corrected chi connectivity index (χ2v) is 7.05. The van der Waals surface area contributed by atoms with Gasteiger partial charge in [-0.1, -0.05) is 41.9 Å². The number of hydrogen-bond donors (Lipinski definition) is 2. The number of H-pyrrole nitrogens is 1. The van der Waals surface area contributed by atoms with E-state index < -0.39 is 6.16 Å². The highest BCUT2D eigenvalue weighted by atomic mass is 35.5. The van der Waals surface area contributed by atoms with Crippen LogP contribution in [0.3, 0.4) is 0 Å². The number of carboxylic acid groups (broad SMARTS) is 1. The summed E-state index contributed by atoms with van der Waals surface area (Å²) in [5.41, 5.74) is 2.71. The van der Waals surface area contributed by atoms with Crippen molar-refractivity contribution in [3.05, 3.63) is 65.4 Å². The lowest BCUT2D eigenvalue weighted by atomic mass is 10.2. The molecule has 0 aliphatic carbocycles. The molecule has 2 aromatic heterocycles. The molecular weight excluding hydrogens is 388 g/mol. The molecular formula is C18H13ClN4O3S. The van der Waals surface area contributed by atoms with E-state index in [0.717, 1.165) is 21.7 Å². The quantitative estimate of drug-likeness (QED) is 0.371. The normalized spacial score (nSPS) is 11.0. The van der Waals surface area contributed by atoms with Gasteiger partial charge >= 0.3 is 6.16 Å². The SMILES string of the molecule is O=C(O)Oc1cnn(-c2nc3cc(SCc4ccccc4)c(Cl)cc3[nH]2)c1. The standard InChI is InChI=1S/C18H13ClN4O3S/c19-13-6-14-15(7-16(13)27-10-11-4-2-1-3-5-11)22-17(21-14)23-9-12(8-20-23)26-18(24)25/h1-9H,10H2,(H,21,22)(H,24,25). The van der Waals surface area contributed by atoms with Crippen molar-refractivity contribution in [2.24, 2.45) is 0 Å². The molecule has 0 radical (unpaired) electrons. The number of thioether (sulfide) groups is 1. The molecule has 0 aliphatic rings. The summed E-state index contributed by atoms with van der Waals surface area (Å²) in [5.74, 6) is 1.35. The Labute approximate surface area is 162 Å². The molecule has 4 aromatic rings. The van der Waals surface area contributed by atoms with Crippen LogP contribution in [0.25, 0.3) is 17.0 Å². The second-order valence-electron chi connectivity index (χ2n) is 5.62. The van der Waals surface area contributed by atoms with Gasteiger partial charge in [-0.2, -0.15) is 5.10 Å². The van der Waals surface area contributed by atoms with Gasteiger partial charge in [0.05, 0.1) is 28.4 Å². The van der Waals surface area contributed by atoms with Crippen molar-refractivity contribution in [3.63, 3.8) is 0 Å². The lowest BCUT2D eigenvalue weighted by Crippen LogP contribution is -2.02. The fraction of sp³-hybridized carbons (Fsp3) is 0.0556. The average Bonchev–Trinajstić information content (AvgIpc) is 3.26. The molecule has 0 saturated heterocycles. The summed E-state index contributed by atoms with van der Waals surface area (Å²) in [6.07, 6.45) is 1.33. The number of rotatable bonds is 5. The van der Waals surface area contributed by atoms with Crippen LogP contribution in [-0.4, -0.2) is 31.0 Å². The first-order valence-electron chi connectivity index (χ1n) is 7.90. The van der Waals surface area contributed by atoms with Gasteiger partial charge in [0.2, 0.25) is 5.95 Å². The van der Waals surface area contributed by atoms with E-state index in [4.69, 9.17) is 16.7 Å². The topological polar surface area (TPSA) is 93.0 Å². The van der Waals surface area contributed by atoms with E-state index in [0.29, 0.717) is 11.0 Å². The first-order chi connectivity index (χ1) is 13.1. The van der Waals surface area contributed by atoms with Crippen LogP contribution in [0.4, 0.5) is 4.79 Å². The Morgan fingerprint density at radius 3 is 2.89 bits per heavy atom. The number of aromatic nitrogens is 4. The van der Waals surface area contributed by atoms with Crippen LogP contribution in [0.5, 0.6) is 5.75 Å². The predicted octanol–water partition coefficient (Wildman–Crippen LogP) is 4.75. The van der Waals surface area contributed by atoms with Crippen molar-refractivity contribution in [3.8, 4) is 11.7 Å². The summed E-state index contributed by atoms with van der Waals surface area (Å²) in [6.45, 7) is 0. The van der Waals surface area contributed by atoms with Crippen LogP contribution in [0, 0.1) is 0 Å². The van der Waals surface area contributed by atoms with E-state index in [9.17, 15) is 4.79 Å². The molecule has 0 atom stereocenters. The third-order valence-corrected chi connectivity index (χ3v) is 5.29. The molecule has 0 bridgehead atoms. The van der Waals surface area contributed by atoms with E-state index in [2.05, 4.69) is 31.9 Å². The number of nitrogens with zero attached hydrogens (tertiary/aromatic N) is 3. The van der Waals surface area contributed by atoms with Crippen molar-refractivity contribution >= 4 is 40.6 Å². The van der Waals surface area contributed by atoms with E-state index >= 15 is 0 Å². The number of carbonyl (C=O) groups is 1. The largest absolute Gasteiger partial charge is 0.511 e. The molecule has 0 aliphatic heterocycles. The predicted molar refractivity (Wildman–Crippen MR) is 103 cm³/mol. The minimum atomic E-state index is -1.40. The minimum absolute atomic E-state index is 0.111. The number of hydrogen-bond acceptors (Lipinski definition) is 5. The molecule has 0 fully saturated rings. The van der Waals surface area contributed by atoms with Crippen molar-refractivity contribution in [1.82, 2.24) is 19.7 Å². The van der Waals surface area contributed by atoms with Gasteiger partial charge in [-0.3, -0.25) is 0 Å². The van der Waals surface area contributed by atoms with Gasteiger partial charge in [-0.15, -0.1) is 11.8 Å². The molecule has 27 heavy (non-hydrogen) atoms. The maximum atomic E-state index is 10.6. The Bertz CT molecular complexity index is 1110. The summed E-state index contributed by atoms with van der Waals surface area (Å²) >= 11 is 8.05. The van der Waals surface area contributed by atoms with Gasteiger partial charge in [0.15, 0.2) is 5.75 Å². The average molecular weight is 401 g/mol. The van der Waals surface area contributed by atoms with Gasteiger partial charge in [0.1, 0.15) is 0 Å². The van der Waals surface area contributed by atoms with Crippen LogP contribution in [-0.2, 0) is 5.75 Å². The first-order valence-corrected chi connectivity index (χ1v) is 9.26. The summed E-state index contributed by atoms with van der Waals surface area (Å²) < 4.78 is 5.98. The third kappa shape index (κ3) is 3.91. The molecule has 4 rings (SSSR count). The zero-order chi connectivity index (χ0) is 18.8. The van der Waals surface area contributed by atoms with Crippen molar-refractivity contribution in [2.45, 2.75) is 10.6 Å². The van der Waals surface area contributed by atoms with E-state index in [1.54, 1.807) is 11.8 Å². The number of halogens is 1. The minimum Gasteiger partial charge on any atom is -0.449 e. The molecule has 9 heteroatoms. The van der Waals surface area contributed by atoms with Gasteiger partial charge in [-0.05, 0) is 17.7 Å². The number of benzene rings is 2. The Morgan fingerprint density at radius 1 is 1.30 bits per heavy atom. The second kappa shape index (κ2) is 7.34. The fourth-order valence-electron chi connectivity index (χ4n) is 2.53. The Morgan fingerprint density at radius 2 is 2.11 bits per heavy atom. The highest BCUT2D eigenvalue weighted by Crippen LogP contribution is 2.33. The summed E-state index contributed by atoms with van der Waals surface area (Å²) in [5, 5.41) is 13.3. The summed E-state index contributed by atoms with van der Waals surface area (Å²) in [4.78, 5) is 19.1. The molecule has 2 heterocycles. The number of nitrogens with one attached hydrogen (secondary N) is 1. The maximum absolute atomic E-state index is 10.6. The van der Waals surface area contributed by atoms with Gasteiger partial charge in [0, 0.05) is 10.6 Å². The molecule has 0 amide bonds. The number of imidazole rings is 1. The zero-order valence-electron chi connectivity index (χ0n) is 13.8. The molecule has 0 saturated carbocycles. The van der Waals surface area contributed by atoms with Gasteiger partial charge in [0.25, 0.3) is 0 Å². The fourth-order valence-corrected chi connectivity index (χ4v) is 3.76.